The average molecular weight is 359 g/mol. The number of carbonyl (C=O) groups excluding carboxylic acids is 2. The monoisotopic (exact) mass is 358 g/mol. The molecule has 2 N–H and O–H groups in total. The van der Waals surface area contributed by atoms with Crippen LogP contribution >= 0.6 is 11.6 Å². The third-order valence-corrected chi connectivity index (χ3v) is 5.66. The zero-order chi connectivity index (χ0) is 17.0. The molecule has 1 aromatic rings. The molecule has 0 bridgehead atoms. The molecule has 0 aromatic heterocycles. The summed E-state index contributed by atoms with van der Waals surface area (Å²) >= 11 is 5.84. The lowest BCUT2D eigenvalue weighted by atomic mass is 10.0. The molecule has 1 aliphatic heterocycles. The molecule has 0 unspecified atom stereocenters. The van der Waals surface area contributed by atoms with Crippen molar-refractivity contribution in [1.82, 2.24) is 10.6 Å². The Kier molecular flexibility index (Phi) is 5.64. The summed E-state index contributed by atoms with van der Waals surface area (Å²) in [5.74, 6) is -0.462. The van der Waals surface area contributed by atoms with Crippen molar-refractivity contribution in [1.29, 1.82) is 0 Å². The molecular formula is C15H19ClN2O4S. The third-order valence-electron chi connectivity index (χ3n) is 3.64. The topological polar surface area (TPSA) is 92.3 Å². The molecule has 0 spiro atoms. The maximum atomic E-state index is 12.2. The van der Waals surface area contributed by atoms with Crippen molar-refractivity contribution in [2.24, 2.45) is 0 Å². The second kappa shape index (κ2) is 7.31. The Labute approximate surface area is 140 Å². The standard InChI is InChI=1S/C15H19ClN2O4S/c1-10(19)17-14(11-2-4-12(16)5-3-11)8-15(20)18-13-6-7-23(21,22)9-13/h2-5,13-14H,6-9H2,1H3,(H,17,19)(H,18,20)/t13-,14+/m0/s1. The Morgan fingerprint density at radius 3 is 2.48 bits per heavy atom. The summed E-state index contributed by atoms with van der Waals surface area (Å²) in [5, 5.41) is 6.02. The highest BCUT2D eigenvalue weighted by atomic mass is 35.5. The van der Waals surface area contributed by atoms with E-state index in [0.717, 1.165) is 5.56 Å². The minimum absolute atomic E-state index is 0.0233. The smallest absolute Gasteiger partial charge is 0.222 e. The molecule has 2 rings (SSSR count). The van der Waals surface area contributed by atoms with Gasteiger partial charge in [0.15, 0.2) is 9.84 Å². The maximum Gasteiger partial charge on any atom is 0.222 e. The fraction of sp³-hybridized carbons (Fsp3) is 0.467. The van der Waals surface area contributed by atoms with Crippen molar-refractivity contribution in [3.8, 4) is 0 Å². The van der Waals surface area contributed by atoms with Gasteiger partial charge in [0.2, 0.25) is 11.8 Å². The Balaban J connectivity index is 2.01. The zero-order valence-electron chi connectivity index (χ0n) is 12.7. The number of amides is 2. The van der Waals surface area contributed by atoms with Gasteiger partial charge in [0.1, 0.15) is 0 Å². The number of hydrogen-bond donors (Lipinski definition) is 2. The predicted molar refractivity (Wildman–Crippen MR) is 87.8 cm³/mol. The number of benzene rings is 1. The van der Waals surface area contributed by atoms with Crippen LogP contribution in [0.5, 0.6) is 0 Å². The Hall–Kier alpha value is -1.60. The minimum Gasteiger partial charge on any atom is -0.352 e. The maximum absolute atomic E-state index is 12.2. The van der Waals surface area contributed by atoms with Gasteiger partial charge in [-0.25, -0.2) is 8.42 Å². The molecule has 1 fully saturated rings. The summed E-state index contributed by atoms with van der Waals surface area (Å²) in [7, 11) is -3.04. The molecule has 1 saturated heterocycles. The second-order valence-electron chi connectivity index (χ2n) is 5.68. The van der Waals surface area contributed by atoms with Crippen LogP contribution in [0.2, 0.25) is 5.02 Å². The average Bonchev–Trinajstić information content (AvgIpc) is 2.77. The van der Waals surface area contributed by atoms with Gasteiger partial charge in [-0.1, -0.05) is 23.7 Å². The van der Waals surface area contributed by atoms with E-state index in [9.17, 15) is 18.0 Å². The van der Waals surface area contributed by atoms with Gasteiger partial charge in [-0.15, -0.1) is 0 Å². The van der Waals surface area contributed by atoms with Crippen molar-refractivity contribution >= 4 is 33.3 Å². The first-order valence-electron chi connectivity index (χ1n) is 7.27. The number of hydrogen-bond acceptors (Lipinski definition) is 4. The fourth-order valence-corrected chi connectivity index (χ4v) is 4.37. The summed E-state index contributed by atoms with van der Waals surface area (Å²) in [5.41, 5.74) is 0.763. The van der Waals surface area contributed by atoms with Crippen LogP contribution < -0.4 is 10.6 Å². The van der Waals surface area contributed by atoms with Crippen LogP contribution in [0.25, 0.3) is 0 Å². The summed E-state index contributed by atoms with van der Waals surface area (Å²) in [6, 6.07) is 6.03. The van der Waals surface area contributed by atoms with E-state index in [-0.39, 0.29) is 35.8 Å². The molecule has 2 atom stereocenters. The van der Waals surface area contributed by atoms with Gasteiger partial charge < -0.3 is 10.6 Å². The number of nitrogens with one attached hydrogen (secondary N) is 2. The summed E-state index contributed by atoms with van der Waals surface area (Å²) < 4.78 is 22.8. The second-order valence-corrected chi connectivity index (χ2v) is 8.34. The zero-order valence-corrected chi connectivity index (χ0v) is 14.3. The van der Waals surface area contributed by atoms with Crippen molar-refractivity contribution in [2.45, 2.75) is 31.8 Å². The lowest BCUT2D eigenvalue weighted by molar-refractivity contribution is -0.123. The molecule has 0 radical (unpaired) electrons. The van der Waals surface area contributed by atoms with Crippen molar-refractivity contribution < 1.29 is 18.0 Å². The molecule has 6 nitrogen and oxygen atoms in total. The largest absolute Gasteiger partial charge is 0.352 e. The van der Waals surface area contributed by atoms with E-state index in [1.54, 1.807) is 24.3 Å². The van der Waals surface area contributed by atoms with E-state index in [4.69, 9.17) is 11.6 Å². The molecule has 8 heteroatoms. The first kappa shape index (κ1) is 17.7. The van der Waals surface area contributed by atoms with Gasteiger partial charge in [-0.3, -0.25) is 9.59 Å². The molecule has 0 saturated carbocycles. The van der Waals surface area contributed by atoms with Gasteiger partial charge in [0.25, 0.3) is 0 Å². The number of rotatable bonds is 5. The van der Waals surface area contributed by atoms with E-state index in [0.29, 0.717) is 11.4 Å². The highest BCUT2D eigenvalue weighted by molar-refractivity contribution is 7.91. The number of sulfone groups is 1. The first-order chi connectivity index (χ1) is 10.7. The van der Waals surface area contributed by atoms with Crippen molar-refractivity contribution in [2.75, 3.05) is 11.5 Å². The van der Waals surface area contributed by atoms with Gasteiger partial charge >= 0.3 is 0 Å². The summed E-state index contributed by atoms with van der Waals surface area (Å²) in [4.78, 5) is 23.5. The normalized spacial score (nSPS) is 20.7. The molecule has 126 valence electrons. The fourth-order valence-electron chi connectivity index (χ4n) is 2.57. The Morgan fingerprint density at radius 1 is 1.30 bits per heavy atom. The number of halogens is 1. The van der Waals surface area contributed by atoms with Gasteiger partial charge in [-0.05, 0) is 24.1 Å². The van der Waals surface area contributed by atoms with E-state index in [1.165, 1.54) is 6.92 Å². The molecule has 1 heterocycles. The Bertz CT molecular complexity index is 688. The first-order valence-corrected chi connectivity index (χ1v) is 9.47. The van der Waals surface area contributed by atoms with Gasteiger partial charge in [0.05, 0.1) is 24.0 Å². The molecular weight excluding hydrogens is 340 g/mol. The third kappa shape index (κ3) is 5.51. The van der Waals surface area contributed by atoms with Crippen molar-refractivity contribution in [3.05, 3.63) is 34.9 Å². The van der Waals surface area contributed by atoms with Crippen LogP contribution in [0, 0.1) is 0 Å². The van der Waals surface area contributed by atoms with Crippen LogP contribution in [0.15, 0.2) is 24.3 Å². The molecule has 2 amide bonds. The molecule has 1 aromatic carbocycles. The minimum atomic E-state index is -3.04. The van der Waals surface area contributed by atoms with Crippen molar-refractivity contribution in [3.63, 3.8) is 0 Å². The SMILES string of the molecule is CC(=O)N[C@H](CC(=O)N[C@H]1CCS(=O)(=O)C1)c1ccc(Cl)cc1. The molecule has 1 aliphatic rings. The van der Waals surface area contributed by atoms with E-state index >= 15 is 0 Å². The lowest BCUT2D eigenvalue weighted by Gasteiger charge is -2.19. The Morgan fingerprint density at radius 2 is 1.96 bits per heavy atom. The van der Waals surface area contributed by atoms with Crippen LogP contribution in [-0.4, -0.2) is 37.8 Å². The van der Waals surface area contributed by atoms with Gasteiger partial charge in [-0.2, -0.15) is 0 Å². The van der Waals surface area contributed by atoms with Crippen LogP contribution in [0.3, 0.4) is 0 Å². The van der Waals surface area contributed by atoms with Crippen LogP contribution in [0.4, 0.5) is 0 Å². The lowest BCUT2D eigenvalue weighted by Crippen LogP contribution is -2.38. The van der Waals surface area contributed by atoms with E-state index < -0.39 is 15.9 Å². The number of carbonyl (C=O) groups is 2. The summed E-state index contributed by atoms with van der Waals surface area (Å²) in [6.45, 7) is 1.38. The van der Waals surface area contributed by atoms with E-state index in [2.05, 4.69) is 10.6 Å². The van der Waals surface area contributed by atoms with Gasteiger partial charge in [0, 0.05) is 18.0 Å². The van der Waals surface area contributed by atoms with Crippen LogP contribution in [-0.2, 0) is 19.4 Å². The molecule has 23 heavy (non-hydrogen) atoms. The highest BCUT2D eigenvalue weighted by Crippen LogP contribution is 2.20. The summed E-state index contributed by atoms with van der Waals surface area (Å²) in [6.07, 6.45) is 0.470. The molecule has 0 aliphatic carbocycles. The highest BCUT2D eigenvalue weighted by Gasteiger charge is 2.29. The quantitative estimate of drug-likeness (QED) is 0.827. The van der Waals surface area contributed by atoms with E-state index in [1.807, 2.05) is 0 Å². The van der Waals surface area contributed by atoms with Crippen LogP contribution in [0.1, 0.15) is 31.4 Å². The predicted octanol–water partition coefficient (Wildman–Crippen LogP) is 1.21.